The fourth-order valence-electron chi connectivity index (χ4n) is 5.36. The Morgan fingerprint density at radius 3 is 2.43 bits per heavy atom. The van der Waals surface area contributed by atoms with Crippen LogP contribution in [0.4, 0.5) is 9.18 Å². The van der Waals surface area contributed by atoms with Crippen molar-refractivity contribution in [3.63, 3.8) is 0 Å². The molecule has 1 aliphatic carbocycles. The predicted octanol–water partition coefficient (Wildman–Crippen LogP) is 2.05. The molecule has 1 atom stereocenters. The van der Waals surface area contributed by atoms with Crippen LogP contribution in [0, 0.1) is 5.82 Å². The van der Waals surface area contributed by atoms with Gasteiger partial charge in [0.05, 0.1) is 0 Å². The highest BCUT2D eigenvalue weighted by atomic mass is 19.1. The molecule has 3 heterocycles. The predicted molar refractivity (Wildman–Crippen MR) is 129 cm³/mol. The number of carbonyl (C=O) groups is 4. The second-order valence-electron chi connectivity index (χ2n) is 11.2. The molecule has 1 N–H and O–H groups in total. The molecule has 0 spiro atoms. The summed E-state index contributed by atoms with van der Waals surface area (Å²) in [5.74, 6) is -1.76. The van der Waals surface area contributed by atoms with Crippen molar-refractivity contribution < 1.29 is 33.0 Å². The SMILES string of the molecule is CC(C)(C)OC(=O)N1CCN([C@H]2C[C@H](Oc3cc4c(cc3F)C(=O)N(C3CCC(=O)NC3=O)C4)C2)CC1. The van der Waals surface area contributed by atoms with Crippen LogP contribution >= 0.6 is 0 Å². The molecule has 1 aromatic carbocycles. The van der Waals surface area contributed by atoms with E-state index >= 15 is 0 Å². The van der Waals surface area contributed by atoms with Crippen molar-refractivity contribution in [3.05, 3.63) is 29.1 Å². The number of rotatable bonds is 4. The Balaban J connectivity index is 1.13. The van der Waals surface area contributed by atoms with E-state index in [-0.39, 0.29) is 48.8 Å². The van der Waals surface area contributed by atoms with E-state index in [0.717, 1.165) is 25.9 Å². The molecule has 0 radical (unpaired) electrons. The van der Waals surface area contributed by atoms with Crippen molar-refractivity contribution in [2.75, 3.05) is 26.2 Å². The minimum atomic E-state index is -0.742. The number of carbonyl (C=O) groups excluding carboxylic acids is 4. The van der Waals surface area contributed by atoms with Crippen LogP contribution < -0.4 is 10.1 Å². The molecule has 3 fully saturated rings. The molecule has 37 heavy (non-hydrogen) atoms. The second-order valence-corrected chi connectivity index (χ2v) is 11.2. The molecule has 5 rings (SSSR count). The summed E-state index contributed by atoms with van der Waals surface area (Å²) in [5.41, 5.74) is 0.319. The average Bonchev–Trinajstić information content (AvgIpc) is 3.10. The number of fused-ring (bicyclic) bond motifs is 1. The molecule has 2 saturated heterocycles. The van der Waals surface area contributed by atoms with Gasteiger partial charge in [-0.05, 0) is 44.9 Å². The molecule has 4 aliphatic rings. The minimum absolute atomic E-state index is 0.106. The van der Waals surface area contributed by atoms with E-state index in [1.54, 1.807) is 11.0 Å². The van der Waals surface area contributed by atoms with Gasteiger partial charge in [-0.1, -0.05) is 0 Å². The normalized spacial score (nSPS) is 26.5. The number of ether oxygens (including phenoxy) is 2. The first-order valence-corrected chi connectivity index (χ1v) is 12.8. The van der Waals surface area contributed by atoms with Gasteiger partial charge in [-0.3, -0.25) is 24.6 Å². The Labute approximate surface area is 215 Å². The average molecular weight is 517 g/mol. The number of imide groups is 1. The number of hydrogen-bond acceptors (Lipinski definition) is 7. The van der Waals surface area contributed by atoms with Crippen LogP contribution in [0.5, 0.6) is 5.75 Å². The van der Waals surface area contributed by atoms with Gasteiger partial charge in [0.25, 0.3) is 5.91 Å². The highest BCUT2D eigenvalue weighted by Crippen LogP contribution is 2.35. The maximum Gasteiger partial charge on any atom is 0.410 e. The third kappa shape index (κ3) is 5.27. The van der Waals surface area contributed by atoms with Gasteiger partial charge in [-0.25, -0.2) is 9.18 Å². The van der Waals surface area contributed by atoms with Crippen LogP contribution in [-0.2, 0) is 20.9 Å². The first-order valence-electron chi connectivity index (χ1n) is 12.8. The lowest BCUT2D eigenvalue weighted by atomic mass is 9.87. The smallest absolute Gasteiger partial charge is 0.410 e. The maximum atomic E-state index is 14.8. The first-order chi connectivity index (χ1) is 17.5. The Morgan fingerprint density at radius 1 is 1.08 bits per heavy atom. The van der Waals surface area contributed by atoms with Crippen molar-refractivity contribution in [3.8, 4) is 5.75 Å². The monoisotopic (exact) mass is 516 g/mol. The molecular weight excluding hydrogens is 483 g/mol. The number of halogens is 1. The molecule has 200 valence electrons. The van der Waals surface area contributed by atoms with Crippen molar-refractivity contribution in [2.24, 2.45) is 0 Å². The Hall–Kier alpha value is -3.21. The summed E-state index contributed by atoms with van der Waals surface area (Å²) >= 11 is 0. The molecule has 3 aliphatic heterocycles. The number of piperazine rings is 1. The summed E-state index contributed by atoms with van der Waals surface area (Å²) in [6.07, 6.45) is 1.51. The summed E-state index contributed by atoms with van der Waals surface area (Å²) in [4.78, 5) is 54.2. The lowest BCUT2D eigenvalue weighted by Gasteiger charge is -2.46. The third-order valence-electron chi connectivity index (χ3n) is 7.42. The fraction of sp³-hybridized carbons (Fsp3) is 0.615. The zero-order chi connectivity index (χ0) is 26.5. The zero-order valence-electron chi connectivity index (χ0n) is 21.4. The standard InChI is InChI=1S/C26H33FN4O6/c1-26(2,3)37-25(35)30-8-6-29(7-9-30)16-11-17(12-16)36-21-10-15-14-31(24(34)18(15)13-19(21)27)20-4-5-22(32)28-23(20)33/h10,13,16-17,20H,4-9,11-12,14H2,1-3H3,(H,28,32,33)/t16-,17-,20?. The van der Waals surface area contributed by atoms with Crippen LogP contribution in [0.25, 0.3) is 0 Å². The van der Waals surface area contributed by atoms with Crippen LogP contribution in [0.3, 0.4) is 0 Å². The van der Waals surface area contributed by atoms with Gasteiger partial charge in [0, 0.05) is 63.6 Å². The van der Waals surface area contributed by atoms with Crippen molar-refractivity contribution in [1.82, 2.24) is 20.0 Å². The number of hydrogen-bond donors (Lipinski definition) is 1. The summed E-state index contributed by atoms with van der Waals surface area (Å²) in [7, 11) is 0. The van der Waals surface area contributed by atoms with E-state index in [1.807, 2.05) is 20.8 Å². The van der Waals surface area contributed by atoms with Crippen molar-refractivity contribution in [1.29, 1.82) is 0 Å². The van der Waals surface area contributed by atoms with E-state index in [1.165, 1.54) is 11.0 Å². The number of nitrogens with zero attached hydrogens (tertiary/aromatic N) is 3. The molecule has 0 aromatic heterocycles. The summed E-state index contributed by atoms with van der Waals surface area (Å²) in [5, 5.41) is 2.27. The van der Waals surface area contributed by atoms with Gasteiger partial charge >= 0.3 is 6.09 Å². The largest absolute Gasteiger partial charge is 0.487 e. The Kier molecular flexibility index (Phi) is 6.59. The second kappa shape index (κ2) is 9.59. The summed E-state index contributed by atoms with van der Waals surface area (Å²) < 4.78 is 26.2. The van der Waals surface area contributed by atoms with Gasteiger partial charge in [0.2, 0.25) is 11.8 Å². The lowest BCUT2D eigenvalue weighted by molar-refractivity contribution is -0.136. The van der Waals surface area contributed by atoms with Crippen LogP contribution in [-0.4, -0.2) is 88.5 Å². The Bertz CT molecular complexity index is 1120. The van der Waals surface area contributed by atoms with Gasteiger partial charge in [-0.15, -0.1) is 0 Å². The minimum Gasteiger partial charge on any atom is -0.487 e. The van der Waals surface area contributed by atoms with Gasteiger partial charge in [-0.2, -0.15) is 0 Å². The van der Waals surface area contributed by atoms with Crippen LogP contribution in [0.2, 0.25) is 0 Å². The molecule has 1 saturated carbocycles. The van der Waals surface area contributed by atoms with E-state index < -0.39 is 29.3 Å². The third-order valence-corrected chi connectivity index (χ3v) is 7.42. The zero-order valence-corrected chi connectivity index (χ0v) is 21.4. The topological polar surface area (TPSA) is 108 Å². The highest BCUT2D eigenvalue weighted by molar-refractivity contribution is 6.05. The quantitative estimate of drug-likeness (QED) is 0.610. The molecular formula is C26H33FN4O6. The lowest BCUT2D eigenvalue weighted by Crippen LogP contribution is -2.57. The van der Waals surface area contributed by atoms with Crippen molar-refractivity contribution >= 4 is 23.8 Å². The molecule has 1 unspecified atom stereocenters. The van der Waals surface area contributed by atoms with Crippen LogP contribution in [0.15, 0.2) is 12.1 Å². The van der Waals surface area contributed by atoms with Crippen molar-refractivity contribution in [2.45, 2.75) is 76.8 Å². The molecule has 4 amide bonds. The van der Waals surface area contributed by atoms with Gasteiger partial charge < -0.3 is 19.3 Å². The van der Waals surface area contributed by atoms with Gasteiger partial charge in [0.1, 0.15) is 17.7 Å². The molecule has 10 nitrogen and oxygen atoms in total. The maximum absolute atomic E-state index is 14.8. The number of amides is 4. The number of piperidine rings is 1. The summed E-state index contributed by atoms with van der Waals surface area (Å²) in [6, 6.07) is 2.31. The van der Waals surface area contributed by atoms with E-state index in [0.29, 0.717) is 24.7 Å². The molecule has 1 aromatic rings. The number of nitrogens with one attached hydrogen (secondary N) is 1. The number of benzene rings is 1. The molecule has 0 bridgehead atoms. The summed E-state index contributed by atoms with van der Waals surface area (Å²) in [6.45, 7) is 8.45. The van der Waals surface area contributed by atoms with Crippen LogP contribution in [0.1, 0.15) is 62.4 Å². The van der Waals surface area contributed by atoms with Gasteiger partial charge in [0.15, 0.2) is 11.6 Å². The van der Waals surface area contributed by atoms with E-state index in [4.69, 9.17) is 9.47 Å². The highest BCUT2D eigenvalue weighted by Gasteiger charge is 2.41. The van der Waals surface area contributed by atoms with E-state index in [2.05, 4.69) is 10.2 Å². The van der Waals surface area contributed by atoms with E-state index in [9.17, 15) is 23.6 Å². The molecule has 11 heteroatoms. The first kappa shape index (κ1) is 25.4. The fourth-order valence-corrected chi connectivity index (χ4v) is 5.36. The Morgan fingerprint density at radius 2 is 1.78 bits per heavy atom.